The Morgan fingerprint density at radius 2 is 2.29 bits per heavy atom. The van der Waals surface area contributed by atoms with Crippen LogP contribution in [-0.4, -0.2) is 24.5 Å². The van der Waals surface area contributed by atoms with E-state index < -0.39 is 0 Å². The van der Waals surface area contributed by atoms with E-state index in [-0.39, 0.29) is 0 Å². The van der Waals surface area contributed by atoms with Crippen LogP contribution in [0.3, 0.4) is 0 Å². The van der Waals surface area contributed by atoms with Crippen LogP contribution in [0.15, 0.2) is 17.2 Å². The molecule has 0 unspecified atom stereocenters. The van der Waals surface area contributed by atoms with Crippen molar-refractivity contribution < 1.29 is 9.47 Å². The Labute approximate surface area is 87.8 Å². The van der Waals surface area contributed by atoms with Gasteiger partial charge in [0.25, 0.3) is 0 Å². The Morgan fingerprint density at radius 1 is 1.50 bits per heavy atom. The Bertz CT molecular complexity index is 326. The summed E-state index contributed by atoms with van der Waals surface area (Å²) in [6.07, 6.45) is 6.51. The molecule has 0 N–H and O–H groups in total. The molecule has 3 nitrogen and oxygen atoms in total. The standard InChI is InChI=1S/C10H13NO2S/c1-12-10-5-9(14-2)8(6-11-10)13-7-3-4-7/h5-7H,3-4H2,1-2H3. The number of methoxy groups -OCH3 is 1. The molecule has 76 valence electrons. The van der Waals surface area contributed by atoms with Crippen LogP contribution in [0.25, 0.3) is 0 Å². The average molecular weight is 211 g/mol. The van der Waals surface area contributed by atoms with E-state index in [9.17, 15) is 0 Å². The number of nitrogens with zero attached hydrogens (tertiary/aromatic N) is 1. The number of hydrogen-bond donors (Lipinski definition) is 0. The van der Waals surface area contributed by atoms with Crippen molar-refractivity contribution in [3.8, 4) is 11.6 Å². The minimum atomic E-state index is 0.413. The summed E-state index contributed by atoms with van der Waals surface area (Å²) < 4.78 is 10.8. The van der Waals surface area contributed by atoms with Crippen molar-refractivity contribution in [2.24, 2.45) is 0 Å². The van der Waals surface area contributed by atoms with Gasteiger partial charge in [0.05, 0.1) is 24.3 Å². The van der Waals surface area contributed by atoms with Gasteiger partial charge in [-0.15, -0.1) is 11.8 Å². The van der Waals surface area contributed by atoms with Crippen molar-refractivity contribution in [1.29, 1.82) is 0 Å². The highest BCUT2D eigenvalue weighted by Crippen LogP contribution is 2.34. The zero-order valence-corrected chi connectivity index (χ0v) is 9.13. The number of rotatable bonds is 4. The van der Waals surface area contributed by atoms with Crippen LogP contribution in [0.1, 0.15) is 12.8 Å². The molecule has 0 aromatic carbocycles. The molecule has 1 aliphatic rings. The maximum absolute atomic E-state index is 5.71. The zero-order chi connectivity index (χ0) is 9.97. The molecule has 0 bridgehead atoms. The summed E-state index contributed by atoms with van der Waals surface area (Å²) in [7, 11) is 1.62. The molecule has 1 aromatic heterocycles. The van der Waals surface area contributed by atoms with E-state index in [0.717, 1.165) is 10.6 Å². The first kappa shape index (κ1) is 9.65. The zero-order valence-electron chi connectivity index (χ0n) is 8.32. The van der Waals surface area contributed by atoms with Crippen LogP contribution >= 0.6 is 11.8 Å². The highest BCUT2D eigenvalue weighted by molar-refractivity contribution is 7.98. The average Bonchev–Trinajstić information content (AvgIpc) is 3.02. The second-order valence-electron chi connectivity index (χ2n) is 3.19. The van der Waals surface area contributed by atoms with Crippen LogP contribution < -0.4 is 9.47 Å². The third kappa shape index (κ3) is 2.12. The monoisotopic (exact) mass is 211 g/mol. The molecule has 0 saturated heterocycles. The molecule has 1 saturated carbocycles. The number of aromatic nitrogens is 1. The van der Waals surface area contributed by atoms with Crippen molar-refractivity contribution in [1.82, 2.24) is 4.98 Å². The molecule has 1 heterocycles. The lowest BCUT2D eigenvalue weighted by Gasteiger charge is -2.09. The molecule has 4 heteroatoms. The van der Waals surface area contributed by atoms with Crippen LogP contribution in [0.2, 0.25) is 0 Å². The SMILES string of the molecule is COc1cc(SC)c(OC2CC2)cn1. The van der Waals surface area contributed by atoms with Gasteiger partial charge < -0.3 is 9.47 Å². The summed E-state index contributed by atoms with van der Waals surface area (Å²) in [4.78, 5) is 5.21. The highest BCUT2D eigenvalue weighted by atomic mass is 32.2. The third-order valence-corrected chi connectivity index (χ3v) is 2.81. The maximum atomic E-state index is 5.71. The van der Waals surface area contributed by atoms with Gasteiger partial charge in [-0.1, -0.05) is 0 Å². The fraction of sp³-hybridized carbons (Fsp3) is 0.500. The summed E-state index contributed by atoms with van der Waals surface area (Å²) in [5.41, 5.74) is 0. The lowest BCUT2D eigenvalue weighted by atomic mass is 10.4. The first-order valence-electron chi connectivity index (χ1n) is 4.58. The van der Waals surface area contributed by atoms with Gasteiger partial charge in [0.1, 0.15) is 0 Å². The summed E-state index contributed by atoms with van der Waals surface area (Å²) in [5.74, 6) is 1.51. The third-order valence-electron chi connectivity index (χ3n) is 2.05. The van der Waals surface area contributed by atoms with E-state index in [1.165, 1.54) is 12.8 Å². The molecule has 1 aromatic rings. The lowest BCUT2D eigenvalue weighted by molar-refractivity contribution is 0.292. The second-order valence-corrected chi connectivity index (χ2v) is 4.04. The summed E-state index contributed by atoms with van der Waals surface area (Å²) in [6, 6.07) is 1.91. The van der Waals surface area contributed by atoms with Crippen molar-refractivity contribution in [2.75, 3.05) is 13.4 Å². The van der Waals surface area contributed by atoms with Gasteiger partial charge in [-0.2, -0.15) is 0 Å². The molecule has 0 amide bonds. The smallest absolute Gasteiger partial charge is 0.214 e. The normalized spacial score (nSPS) is 15.3. The fourth-order valence-electron chi connectivity index (χ4n) is 1.13. The van der Waals surface area contributed by atoms with Gasteiger partial charge in [0.15, 0.2) is 5.75 Å². The van der Waals surface area contributed by atoms with Gasteiger partial charge in [-0.3, -0.25) is 0 Å². The molecule has 0 spiro atoms. The van der Waals surface area contributed by atoms with Crippen LogP contribution in [-0.2, 0) is 0 Å². The van der Waals surface area contributed by atoms with Crippen LogP contribution in [0.5, 0.6) is 11.6 Å². The van der Waals surface area contributed by atoms with Crippen LogP contribution in [0.4, 0.5) is 0 Å². The van der Waals surface area contributed by atoms with Gasteiger partial charge in [-0.05, 0) is 19.1 Å². The van der Waals surface area contributed by atoms with Gasteiger partial charge in [0, 0.05) is 6.07 Å². The van der Waals surface area contributed by atoms with Crippen molar-refractivity contribution in [3.05, 3.63) is 12.3 Å². The fourth-order valence-corrected chi connectivity index (χ4v) is 1.65. The molecular weight excluding hydrogens is 198 g/mol. The second kappa shape index (κ2) is 4.09. The Morgan fingerprint density at radius 3 is 2.86 bits per heavy atom. The molecule has 1 aliphatic carbocycles. The first-order valence-corrected chi connectivity index (χ1v) is 5.80. The number of pyridine rings is 1. The first-order chi connectivity index (χ1) is 6.83. The summed E-state index contributed by atoms with van der Waals surface area (Å²) >= 11 is 1.65. The maximum Gasteiger partial charge on any atom is 0.214 e. The molecule has 0 atom stereocenters. The molecule has 2 rings (SSSR count). The van der Waals surface area contributed by atoms with Crippen molar-refractivity contribution in [2.45, 2.75) is 23.8 Å². The van der Waals surface area contributed by atoms with E-state index in [2.05, 4.69) is 4.98 Å². The Hall–Kier alpha value is -0.900. The minimum Gasteiger partial charge on any atom is -0.488 e. The van der Waals surface area contributed by atoms with Gasteiger partial charge in [-0.25, -0.2) is 4.98 Å². The van der Waals surface area contributed by atoms with E-state index >= 15 is 0 Å². The van der Waals surface area contributed by atoms with Gasteiger partial charge >= 0.3 is 0 Å². The molecule has 1 fully saturated rings. The van der Waals surface area contributed by atoms with Crippen molar-refractivity contribution in [3.63, 3.8) is 0 Å². The van der Waals surface area contributed by atoms with E-state index in [1.54, 1.807) is 25.1 Å². The van der Waals surface area contributed by atoms with Crippen molar-refractivity contribution >= 4 is 11.8 Å². The number of ether oxygens (including phenoxy) is 2. The Balaban J connectivity index is 2.19. The number of hydrogen-bond acceptors (Lipinski definition) is 4. The van der Waals surface area contributed by atoms with E-state index in [4.69, 9.17) is 9.47 Å². The minimum absolute atomic E-state index is 0.413. The van der Waals surface area contributed by atoms with Gasteiger partial charge in [0.2, 0.25) is 5.88 Å². The van der Waals surface area contributed by atoms with E-state index in [1.807, 2.05) is 12.3 Å². The summed E-state index contributed by atoms with van der Waals surface area (Å²) in [5, 5.41) is 0. The molecular formula is C10H13NO2S. The predicted molar refractivity (Wildman–Crippen MR) is 56.2 cm³/mol. The van der Waals surface area contributed by atoms with Crippen LogP contribution in [0, 0.1) is 0 Å². The largest absolute Gasteiger partial charge is 0.488 e. The summed E-state index contributed by atoms with van der Waals surface area (Å²) in [6.45, 7) is 0. The molecule has 0 aliphatic heterocycles. The molecule has 0 radical (unpaired) electrons. The Kier molecular flexibility index (Phi) is 2.82. The highest BCUT2D eigenvalue weighted by Gasteiger charge is 2.24. The lowest BCUT2D eigenvalue weighted by Crippen LogP contribution is -1.98. The number of thioether (sulfide) groups is 1. The topological polar surface area (TPSA) is 31.4 Å². The quantitative estimate of drug-likeness (QED) is 0.715. The van der Waals surface area contributed by atoms with E-state index in [0.29, 0.717) is 12.0 Å². The predicted octanol–water partition coefficient (Wildman–Crippen LogP) is 2.35. The molecule has 14 heavy (non-hydrogen) atoms.